The number of hydrogen-bond acceptors (Lipinski definition) is 0. The predicted octanol–water partition coefficient (Wildman–Crippen LogP) is 7.19. The van der Waals surface area contributed by atoms with E-state index in [9.17, 15) is 13.2 Å². The zero-order chi connectivity index (χ0) is 24.3. The summed E-state index contributed by atoms with van der Waals surface area (Å²) in [5.74, 6) is -1.71. The highest BCUT2D eigenvalue weighted by molar-refractivity contribution is 7.96. The third-order valence-electron chi connectivity index (χ3n) is 6.24. The lowest BCUT2D eigenvalue weighted by Crippen LogP contribution is -2.35. The lowest BCUT2D eigenvalue weighted by molar-refractivity contribution is 0.580. The van der Waals surface area contributed by atoms with E-state index in [1.165, 1.54) is 24.3 Å². The molecule has 0 amide bonds. The highest BCUT2D eigenvalue weighted by Crippen LogP contribution is 2.69. The van der Waals surface area contributed by atoms with Gasteiger partial charge in [0.2, 0.25) is 0 Å². The summed E-state index contributed by atoms with van der Waals surface area (Å²) < 4.78 is 44.0. The highest BCUT2D eigenvalue weighted by Gasteiger charge is 2.54. The highest BCUT2D eigenvalue weighted by atomic mass is 31.2. The van der Waals surface area contributed by atoms with Gasteiger partial charge in [-0.1, -0.05) is 66.7 Å². The molecular weight excluding hydrogens is 460 g/mol. The Morgan fingerprint density at radius 2 is 0.829 bits per heavy atom. The zero-order valence-corrected chi connectivity index (χ0v) is 19.8. The monoisotopic (exact) mass is 483 g/mol. The summed E-state index contributed by atoms with van der Waals surface area (Å²) in [6, 6.07) is 40.1. The van der Waals surface area contributed by atoms with Crippen molar-refractivity contribution in [3.05, 3.63) is 162 Å². The van der Waals surface area contributed by atoms with Crippen LogP contribution in [0.1, 0.15) is 16.8 Å². The van der Waals surface area contributed by atoms with Crippen LogP contribution >= 0.6 is 7.26 Å². The molecule has 0 radical (unpaired) electrons. The Morgan fingerprint density at radius 1 is 0.400 bits per heavy atom. The standard InChI is InChI=1S/C31H23F3P/c32-25-12-10-11-23(19-25)31(24-20-26(33)22-27(34)21-24)35(28-13-4-1-5-14-28,29-15-6-2-7-16-29)30-17-8-3-9-18-30/h1-22,31H/q+1. The van der Waals surface area contributed by atoms with Gasteiger partial charge in [-0.05, 0) is 60.7 Å². The Bertz CT molecular complexity index is 1300. The van der Waals surface area contributed by atoms with Crippen LogP contribution in [0.4, 0.5) is 13.2 Å². The largest absolute Gasteiger partial charge is 0.207 e. The van der Waals surface area contributed by atoms with Gasteiger partial charge in [0.05, 0.1) is 0 Å². The van der Waals surface area contributed by atoms with Crippen LogP contribution in [0.15, 0.2) is 133 Å². The van der Waals surface area contributed by atoms with Gasteiger partial charge >= 0.3 is 0 Å². The molecule has 0 bridgehead atoms. The molecule has 0 fully saturated rings. The molecule has 4 heteroatoms. The summed E-state index contributed by atoms with van der Waals surface area (Å²) in [6.07, 6.45) is 0. The van der Waals surface area contributed by atoms with Gasteiger partial charge in [0.25, 0.3) is 0 Å². The Labute approximate surface area is 204 Å². The van der Waals surface area contributed by atoms with E-state index >= 15 is 0 Å². The lowest BCUT2D eigenvalue weighted by atomic mass is 10.0. The second-order valence-corrected chi connectivity index (χ2v) is 11.9. The molecule has 5 aromatic carbocycles. The zero-order valence-electron chi connectivity index (χ0n) is 18.9. The van der Waals surface area contributed by atoms with E-state index in [-0.39, 0.29) is 0 Å². The van der Waals surface area contributed by atoms with E-state index in [0.29, 0.717) is 11.1 Å². The van der Waals surface area contributed by atoms with E-state index in [1.807, 2.05) is 60.7 Å². The van der Waals surface area contributed by atoms with E-state index in [0.717, 1.165) is 22.0 Å². The molecule has 0 aliphatic rings. The smallest absolute Gasteiger partial charge is 0.134 e. The summed E-state index contributed by atoms with van der Waals surface area (Å²) in [5, 5.41) is 3.11. The average molecular weight is 483 g/mol. The maximum Gasteiger partial charge on any atom is 0.134 e. The van der Waals surface area contributed by atoms with Gasteiger partial charge in [0.15, 0.2) is 0 Å². The molecule has 0 aliphatic heterocycles. The maximum atomic E-state index is 14.7. The van der Waals surface area contributed by atoms with Crippen LogP contribution in [0.3, 0.4) is 0 Å². The first-order valence-corrected chi connectivity index (χ1v) is 13.2. The molecule has 0 aliphatic carbocycles. The quantitative estimate of drug-likeness (QED) is 0.224. The molecule has 5 rings (SSSR count). The third-order valence-corrected chi connectivity index (χ3v) is 11.0. The summed E-state index contributed by atoms with van der Waals surface area (Å²) in [5.41, 5.74) is 0.605. The van der Waals surface area contributed by atoms with Gasteiger partial charge in [0.1, 0.15) is 46.3 Å². The third kappa shape index (κ3) is 4.40. The van der Waals surface area contributed by atoms with Gasteiger partial charge in [-0.2, -0.15) is 0 Å². The molecule has 1 atom stereocenters. The normalized spacial score (nSPS) is 12.3. The molecule has 0 aromatic heterocycles. The number of benzene rings is 5. The van der Waals surface area contributed by atoms with Crippen molar-refractivity contribution in [1.29, 1.82) is 0 Å². The van der Waals surface area contributed by atoms with Gasteiger partial charge in [-0.3, -0.25) is 0 Å². The minimum atomic E-state index is -2.67. The van der Waals surface area contributed by atoms with Crippen LogP contribution in [0.5, 0.6) is 0 Å². The van der Waals surface area contributed by atoms with Crippen LogP contribution in [0, 0.1) is 17.5 Å². The van der Waals surface area contributed by atoms with Crippen molar-refractivity contribution in [2.45, 2.75) is 5.66 Å². The average Bonchev–Trinajstić information content (AvgIpc) is 2.88. The van der Waals surface area contributed by atoms with Crippen molar-refractivity contribution in [3.8, 4) is 0 Å². The fraction of sp³-hybridized carbons (Fsp3) is 0.0323. The first-order valence-electron chi connectivity index (χ1n) is 11.4. The van der Waals surface area contributed by atoms with E-state index in [2.05, 4.69) is 36.4 Å². The molecule has 0 saturated carbocycles. The van der Waals surface area contributed by atoms with Crippen LogP contribution in [-0.2, 0) is 0 Å². The summed E-state index contributed by atoms with van der Waals surface area (Å²) in [7, 11) is -2.67. The van der Waals surface area contributed by atoms with E-state index < -0.39 is 30.4 Å². The van der Waals surface area contributed by atoms with Crippen molar-refractivity contribution >= 4 is 23.2 Å². The molecule has 0 N–H and O–H groups in total. The Balaban J connectivity index is 1.97. The first kappa shape index (κ1) is 23.1. The van der Waals surface area contributed by atoms with Crippen LogP contribution in [0.25, 0.3) is 0 Å². The minimum absolute atomic E-state index is 0.392. The fourth-order valence-corrected chi connectivity index (χ4v) is 9.85. The topological polar surface area (TPSA) is 0 Å². The minimum Gasteiger partial charge on any atom is -0.207 e. The molecule has 35 heavy (non-hydrogen) atoms. The van der Waals surface area contributed by atoms with Crippen molar-refractivity contribution in [1.82, 2.24) is 0 Å². The van der Waals surface area contributed by atoms with Crippen LogP contribution in [-0.4, -0.2) is 0 Å². The summed E-state index contributed by atoms with van der Waals surface area (Å²) in [6.45, 7) is 0. The van der Waals surface area contributed by atoms with Crippen molar-refractivity contribution < 1.29 is 13.2 Å². The van der Waals surface area contributed by atoms with Crippen LogP contribution in [0.2, 0.25) is 0 Å². The lowest BCUT2D eigenvalue weighted by Gasteiger charge is -2.35. The van der Waals surface area contributed by atoms with E-state index in [4.69, 9.17) is 0 Å². The summed E-state index contributed by atoms with van der Waals surface area (Å²) in [4.78, 5) is 0. The van der Waals surface area contributed by atoms with Crippen LogP contribution < -0.4 is 15.9 Å². The van der Waals surface area contributed by atoms with Gasteiger partial charge in [-0.15, -0.1) is 0 Å². The number of rotatable bonds is 6. The number of hydrogen-bond donors (Lipinski definition) is 0. The Hall–Kier alpha value is -3.68. The van der Waals surface area contributed by atoms with E-state index in [1.54, 1.807) is 6.07 Å². The molecule has 0 nitrogen and oxygen atoms in total. The van der Waals surface area contributed by atoms with Gasteiger partial charge in [-0.25, -0.2) is 13.2 Å². The molecular formula is C31H23F3P+. The second kappa shape index (κ2) is 9.90. The molecule has 0 spiro atoms. The Kier molecular flexibility index (Phi) is 6.53. The molecule has 0 saturated heterocycles. The maximum absolute atomic E-state index is 14.7. The SMILES string of the molecule is Fc1cccc(C(c2cc(F)cc(F)c2)[P+](c2ccccc2)(c2ccccc2)c2ccccc2)c1. The first-order chi connectivity index (χ1) is 17.1. The van der Waals surface area contributed by atoms with Crippen molar-refractivity contribution in [2.24, 2.45) is 0 Å². The molecule has 1 unspecified atom stereocenters. The predicted molar refractivity (Wildman–Crippen MR) is 140 cm³/mol. The summed E-state index contributed by atoms with van der Waals surface area (Å²) >= 11 is 0. The van der Waals surface area contributed by atoms with Gasteiger partial charge in [0, 0.05) is 17.2 Å². The van der Waals surface area contributed by atoms with Crippen molar-refractivity contribution in [2.75, 3.05) is 0 Å². The van der Waals surface area contributed by atoms with Gasteiger partial charge < -0.3 is 0 Å². The van der Waals surface area contributed by atoms with Crippen molar-refractivity contribution in [3.63, 3.8) is 0 Å². The number of halogens is 3. The second-order valence-electron chi connectivity index (χ2n) is 8.39. The Morgan fingerprint density at radius 3 is 1.26 bits per heavy atom. The molecule has 0 heterocycles. The molecule has 5 aromatic rings. The fourth-order valence-electron chi connectivity index (χ4n) is 4.93. The molecule has 172 valence electrons.